The van der Waals surface area contributed by atoms with E-state index in [1.165, 1.54) is 6.20 Å². The number of fused-ring (bicyclic) bond motifs is 1. The van der Waals surface area contributed by atoms with Crippen molar-refractivity contribution in [1.29, 1.82) is 0 Å². The van der Waals surface area contributed by atoms with Crippen molar-refractivity contribution in [3.63, 3.8) is 0 Å². The van der Waals surface area contributed by atoms with Gasteiger partial charge in [0.1, 0.15) is 11.6 Å². The van der Waals surface area contributed by atoms with E-state index < -0.39 is 0 Å². The summed E-state index contributed by atoms with van der Waals surface area (Å²) >= 11 is 0. The molecule has 0 aliphatic heterocycles. The fraction of sp³-hybridized carbons (Fsp3) is 0.0833. The van der Waals surface area contributed by atoms with Crippen LogP contribution in [0.3, 0.4) is 0 Å². The van der Waals surface area contributed by atoms with Gasteiger partial charge in [-0.05, 0) is 18.6 Å². The highest BCUT2D eigenvalue weighted by molar-refractivity contribution is 5.82. The molecule has 0 aliphatic rings. The number of aromatic amines is 1. The Morgan fingerprint density at radius 1 is 1.37 bits per heavy atom. The maximum absolute atomic E-state index is 13.9. The summed E-state index contributed by atoms with van der Waals surface area (Å²) in [4.78, 5) is 8.32. The van der Waals surface area contributed by atoms with Gasteiger partial charge < -0.3 is 11.1 Å². The van der Waals surface area contributed by atoms with Gasteiger partial charge in [-0.15, -0.1) is 0 Å². The van der Waals surface area contributed by atoms with Crippen molar-refractivity contribution in [2.24, 2.45) is 0 Å². The lowest BCUT2D eigenvalue weighted by molar-refractivity contribution is 0.622. The molecular formula is C12H11FN6. The molecule has 0 aliphatic carbocycles. The first-order chi connectivity index (χ1) is 9.15. The molecule has 96 valence electrons. The highest BCUT2D eigenvalue weighted by Crippen LogP contribution is 2.22. The number of halogens is 1. The smallest absolute Gasteiger partial charge is 0.203 e. The topological polar surface area (TPSA) is 92.5 Å². The summed E-state index contributed by atoms with van der Waals surface area (Å²) in [6, 6.07) is 5.09. The fourth-order valence-electron chi connectivity index (χ4n) is 1.76. The third kappa shape index (κ3) is 1.95. The number of aromatic nitrogens is 4. The Kier molecular flexibility index (Phi) is 2.52. The molecule has 6 nitrogen and oxygen atoms in total. The molecule has 2 heterocycles. The first-order valence-electron chi connectivity index (χ1n) is 5.64. The average Bonchev–Trinajstić information content (AvgIpc) is 2.76. The van der Waals surface area contributed by atoms with Crippen molar-refractivity contribution in [2.45, 2.75) is 6.92 Å². The zero-order chi connectivity index (χ0) is 13.4. The quantitative estimate of drug-likeness (QED) is 0.654. The van der Waals surface area contributed by atoms with Crippen molar-refractivity contribution in [2.75, 3.05) is 11.1 Å². The van der Waals surface area contributed by atoms with Gasteiger partial charge >= 0.3 is 0 Å². The van der Waals surface area contributed by atoms with Gasteiger partial charge in [-0.25, -0.2) is 14.4 Å². The molecule has 4 N–H and O–H groups in total. The summed E-state index contributed by atoms with van der Waals surface area (Å²) < 4.78 is 13.9. The fourth-order valence-corrected chi connectivity index (χ4v) is 1.76. The Morgan fingerprint density at radius 2 is 2.21 bits per heavy atom. The summed E-state index contributed by atoms with van der Waals surface area (Å²) in [5.41, 5.74) is 7.41. The second-order valence-corrected chi connectivity index (χ2v) is 4.13. The van der Waals surface area contributed by atoms with Crippen molar-refractivity contribution in [3.05, 3.63) is 35.8 Å². The molecule has 0 fully saturated rings. The zero-order valence-electron chi connectivity index (χ0n) is 10.1. The maximum Gasteiger partial charge on any atom is 0.203 e. The number of anilines is 3. The number of nitrogens with one attached hydrogen (secondary N) is 2. The number of hydrogen-bond donors (Lipinski definition) is 3. The van der Waals surface area contributed by atoms with Crippen LogP contribution in [0.25, 0.3) is 11.2 Å². The summed E-state index contributed by atoms with van der Waals surface area (Å²) in [6.07, 6.45) is 1.48. The number of hydrogen-bond acceptors (Lipinski definition) is 5. The minimum atomic E-state index is -0.314. The Morgan fingerprint density at radius 3 is 3.05 bits per heavy atom. The standard InChI is InChI=1S/C12H11FN6/c1-6-3-2-4-7(9(6)13)16-8-5-15-10-11(14)18-19-12(10)17-8/h2-5H,1H3,(H4,14,16,17,18,19). The normalized spacial score (nSPS) is 10.8. The van der Waals surface area contributed by atoms with E-state index >= 15 is 0 Å². The lowest BCUT2D eigenvalue weighted by atomic mass is 10.2. The molecule has 0 saturated heterocycles. The molecule has 0 bridgehead atoms. The molecule has 3 rings (SSSR count). The zero-order valence-corrected chi connectivity index (χ0v) is 10.1. The second kappa shape index (κ2) is 4.20. The molecular weight excluding hydrogens is 247 g/mol. The molecule has 0 spiro atoms. The second-order valence-electron chi connectivity index (χ2n) is 4.13. The van der Waals surface area contributed by atoms with E-state index in [1.807, 2.05) is 0 Å². The monoisotopic (exact) mass is 258 g/mol. The van der Waals surface area contributed by atoms with Crippen LogP contribution in [-0.4, -0.2) is 20.2 Å². The number of rotatable bonds is 2. The number of nitrogens with zero attached hydrogens (tertiary/aromatic N) is 3. The van der Waals surface area contributed by atoms with Crippen LogP contribution in [0, 0.1) is 12.7 Å². The SMILES string of the molecule is Cc1cccc(Nc2cnc3c(N)[nH]nc3n2)c1F. The van der Waals surface area contributed by atoms with Crippen LogP contribution in [0.15, 0.2) is 24.4 Å². The average molecular weight is 258 g/mol. The first kappa shape index (κ1) is 11.4. The van der Waals surface area contributed by atoms with Crippen LogP contribution < -0.4 is 11.1 Å². The van der Waals surface area contributed by atoms with Gasteiger partial charge in [-0.2, -0.15) is 5.10 Å². The van der Waals surface area contributed by atoms with Crippen molar-refractivity contribution < 1.29 is 4.39 Å². The molecule has 1 aromatic carbocycles. The molecule has 0 atom stereocenters. The van der Waals surface area contributed by atoms with E-state index in [4.69, 9.17) is 5.73 Å². The third-order valence-corrected chi connectivity index (χ3v) is 2.75. The number of H-pyrrole nitrogens is 1. The Labute approximate surface area is 107 Å². The summed E-state index contributed by atoms with van der Waals surface area (Å²) in [5.74, 6) is 0.449. The van der Waals surface area contributed by atoms with Crippen LogP contribution in [-0.2, 0) is 0 Å². The van der Waals surface area contributed by atoms with Gasteiger partial charge in [0.25, 0.3) is 0 Å². The van der Waals surface area contributed by atoms with Crippen molar-refractivity contribution in [1.82, 2.24) is 20.2 Å². The van der Waals surface area contributed by atoms with Crippen LogP contribution in [0.5, 0.6) is 0 Å². The third-order valence-electron chi connectivity index (χ3n) is 2.75. The van der Waals surface area contributed by atoms with Gasteiger partial charge in [-0.3, -0.25) is 5.10 Å². The van der Waals surface area contributed by atoms with E-state index in [-0.39, 0.29) is 5.82 Å². The highest BCUT2D eigenvalue weighted by Gasteiger charge is 2.09. The van der Waals surface area contributed by atoms with Crippen molar-refractivity contribution >= 4 is 28.5 Å². The molecule has 3 aromatic rings. The van der Waals surface area contributed by atoms with Gasteiger partial charge in [0, 0.05) is 0 Å². The number of nitrogen functional groups attached to an aromatic ring is 1. The maximum atomic E-state index is 13.9. The van der Waals surface area contributed by atoms with Gasteiger partial charge in [0.05, 0.1) is 11.9 Å². The van der Waals surface area contributed by atoms with Crippen LogP contribution in [0.1, 0.15) is 5.56 Å². The van der Waals surface area contributed by atoms with E-state index in [2.05, 4.69) is 25.5 Å². The minimum Gasteiger partial charge on any atom is -0.382 e. The van der Waals surface area contributed by atoms with Crippen LogP contribution >= 0.6 is 0 Å². The van der Waals surface area contributed by atoms with Crippen LogP contribution in [0.4, 0.5) is 21.7 Å². The van der Waals surface area contributed by atoms with E-state index in [9.17, 15) is 4.39 Å². The molecule has 19 heavy (non-hydrogen) atoms. The first-order valence-corrected chi connectivity index (χ1v) is 5.64. The van der Waals surface area contributed by atoms with Gasteiger partial charge in [0.2, 0.25) is 5.65 Å². The Bertz CT molecular complexity index is 751. The van der Waals surface area contributed by atoms with E-state index in [0.29, 0.717) is 34.1 Å². The molecule has 7 heteroatoms. The number of nitrogens with two attached hydrogens (primary N) is 1. The molecule has 0 unspecified atom stereocenters. The van der Waals surface area contributed by atoms with E-state index in [1.54, 1.807) is 25.1 Å². The summed E-state index contributed by atoms with van der Waals surface area (Å²) in [6.45, 7) is 1.70. The van der Waals surface area contributed by atoms with Crippen molar-refractivity contribution in [3.8, 4) is 0 Å². The van der Waals surface area contributed by atoms with Gasteiger partial charge in [-0.1, -0.05) is 12.1 Å². The largest absolute Gasteiger partial charge is 0.382 e. The molecule has 0 amide bonds. The van der Waals surface area contributed by atoms with Gasteiger partial charge in [0.15, 0.2) is 11.3 Å². The molecule has 2 aromatic heterocycles. The lowest BCUT2D eigenvalue weighted by Crippen LogP contribution is -1.98. The minimum absolute atomic E-state index is 0.314. The Balaban J connectivity index is 1.99. The Hall–Kier alpha value is -2.70. The number of benzene rings is 1. The van der Waals surface area contributed by atoms with E-state index in [0.717, 1.165) is 0 Å². The van der Waals surface area contributed by atoms with Crippen LogP contribution in [0.2, 0.25) is 0 Å². The summed E-state index contributed by atoms with van der Waals surface area (Å²) in [7, 11) is 0. The molecule has 0 radical (unpaired) electrons. The highest BCUT2D eigenvalue weighted by atomic mass is 19.1. The number of aryl methyl sites for hydroxylation is 1. The lowest BCUT2D eigenvalue weighted by Gasteiger charge is -2.07. The molecule has 0 saturated carbocycles. The summed E-state index contributed by atoms with van der Waals surface area (Å²) in [5, 5.41) is 9.36. The predicted molar refractivity (Wildman–Crippen MR) is 70.5 cm³/mol. The predicted octanol–water partition coefficient (Wildman–Crippen LogP) is 2.13.